The molecule has 124 valence electrons. The number of benzene rings is 1. The van der Waals surface area contributed by atoms with Gasteiger partial charge in [-0.05, 0) is 31.0 Å². The van der Waals surface area contributed by atoms with E-state index in [1.54, 1.807) is 18.2 Å². The Morgan fingerprint density at radius 1 is 1.38 bits per heavy atom. The summed E-state index contributed by atoms with van der Waals surface area (Å²) in [5.41, 5.74) is 1.04. The minimum Gasteiger partial charge on any atom is -0.482 e. The first-order valence-electron chi connectivity index (χ1n) is 7.86. The molecule has 1 aliphatic carbocycles. The van der Waals surface area contributed by atoms with Gasteiger partial charge in [0.1, 0.15) is 5.75 Å². The first-order valence-corrected chi connectivity index (χ1v) is 7.86. The molecular weight excluding hydrogens is 312 g/mol. The predicted molar refractivity (Wildman–Crippen MR) is 82.9 cm³/mol. The molecule has 1 aliphatic heterocycles. The van der Waals surface area contributed by atoms with Crippen molar-refractivity contribution in [1.82, 2.24) is 15.5 Å². The van der Waals surface area contributed by atoms with Crippen molar-refractivity contribution in [2.75, 3.05) is 18.5 Å². The third kappa shape index (κ3) is 3.08. The standard InChI is InChI=1S/C16H16N4O4/c21-14-8-23-12-7-10(3-4-11(12)18-14)15(22)17-6-5-13-19-16(24-20-13)9-1-2-9/h3-4,7,9H,1-2,5-6,8H2,(H,17,22)(H,18,21). The van der Waals surface area contributed by atoms with E-state index in [-0.39, 0.29) is 18.4 Å². The Labute approximate surface area is 137 Å². The summed E-state index contributed by atoms with van der Waals surface area (Å²) in [6, 6.07) is 4.91. The van der Waals surface area contributed by atoms with Gasteiger partial charge in [-0.3, -0.25) is 9.59 Å². The van der Waals surface area contributed by atoms with Crippen molar-refractivity contribution in [1.29, 1.82) is 0 Å². The molecular formula is C16H16N4O4. The Kier molecular flexibility index (Phi) is 3.64. The van der Waals surface area contributed by atoms with Gasteiger partial charge in [0, 0.05) is 24.4 Å². The summed E-state index contributed by atoms with van der Waals surface area (Å²) in [5, 5.41) is 9.41. The third-order valence-electron chi connectivity index (χ3n) is 3.92. The van der Waals surface area contributed by atoms with Crippen LogP contribution in [0.1, 0.15) is 40.8 Å². The van der Waals surface area contributed by atoms with Crippen molar-refractivity contribution < 1.29 is 18.8 Å². The molecule has 2 aliphatic rings. The van der Waals surface area contributed by atoms with E-state index in [0.29, 0.717) is 47.6 Å². The van der Waals surface area contributed by atoms with Crippen LogP contribution in [0.4, 0.5) is 5.69 Å². The molecule has 4 rings (SSSR count). The Morgan fingerprint density at radius 2 is 2.25 bits per heavy atom. The average Bonchev–Trinajstić information content (AvgIpc) is 3.33. The number of fused-ring (bicyclic) bond motifs is 1. The summed E-state index contributed by atoms with van der Waals surface area (Å²) in [7, 11) is 0. The summed E-state index contributed by atoms with van der Waals surface area (Å²) >= 11 is 0. The number of nitrogens with one attached hydrogen (secondary N) is 2. The normalized spacial score (nSPS) is 16.1. The Hall–Kier alpha value is -2.90. The molecule has 1 fully saturated rings. The largest absolute Gasteiger partial charge is 0.482 e. The van der Waals surface area contributed by atoms with Gasteiger partial charge in [-0.25, -0.2) is 0 Å². The van der Waals surface area contributed by atoms with Crippen LogP contribution >= 0.6 is 0 Å². The highest BCUT2D eigenvalue weighted by Crippen LogP contribution is 2.38. The van der Waals surface area contributed by atoms with E-state index < -0.39 is 0 Å². The topological polar surface area (TPSA) is 106 Å². The van der Waals surface area contributed by atoms with Crippen molar-refractivity contribution in [2.24, 2.45) is 0 Å². The number of rotatable bonds is 5. The third-order valence-corrected chi connectivity index (χ3v) is 3.92. The lowest BCUT2D eigenvalue weighted by Crippen LogP contribution is -2.28. The van der Waals surface area contributed by atoms with Crippen molar-refractivity contribution in [3.05, 3.63) is 35.5 Å². The van der Waals surface area contributed by atoms with Crippen LogP contribution < -0.4 is 15.4 Å². The highest BCUT2D eigenvalue weighted by atomic mass is 16.5. The number of amides is 2. The first-order chi connectivity index (χ1) is 11.7. The zero-order chi connectivity index (χ0) is 16.5. The molecule has 2 amide bonds. The minimum atomic E-state index is -0.218. The van der Waals surface area contributed by atoms with Gasteiger partial charge in [0.05, 0.1) is 5.69 Å². The van der Waals surface area contributed by atoms with Gasteiger partial charge in [-0.15, -0.1) is 0 Å². The minimum absolute atomic E-state index is 0.0424. The summed E-state index contributed by atoms with van der Waals surface area (Å²) < 4.78 is 10.5. The second-order valence-electron chi connectivity index (χ2n) is 5.88. The number of aromatic nitrogens is 2. The lowest BCUT2D eigenvalue weighted by atomic mass is 10.1. The molecule has 0 atom stereocenters. The van der Waals surface area contributed by atoms with E-state index >= 15 is 0 Å². The molecule has 0 unspecified atom stereocenters. The highest BCUT2D eigenvalue weighted by molar-refractivity contribution is 5.98. The number of carbonyl (C=O) groups excluding carboxylic acids is 2. The molecule has 1 aromatic heterocycles. The maximum atomic E-state index is 12.2. The SMILES string of the molecule is O=C1COc2cc(C(=O)NCCc3noc(C4CC4)n3)ccc2N1. The molecule has 0 spiro atoms. The summed E-state index contributed by atoms with van der Waals surface area (Å²) in [6.07, 6.45) is 2.73. The van der Waals surface area contributed by atoms with E-state index in [0.717, 1.165) is 12.8 Å². The average molecular weight is 328 g/mol. The number of carbonyl (C=O) groups is 2. The lowest BCUT2D eigenvalue weighted by Gasteiger charge is -2.18. The molecule has 1 aromatic carbocycles. The van der Waals surface area contributed by atoms with Gasteiger partial charge >= 0.3 is 0 Å². The van der Waals surface area contributed by atoms with Crippen molar-refractivity contribution in [2.45, 2.75) is 25.2 Å². The second kappa shape index (κ2) is 5.95. The monoisotopic (exact) mass is 328 g/mol. The summed E-state index contributed by atoms with van der Waals surface area (Å²) in [5.74, 6) is 1.81. The molecule has 1 saturated carbocycles. The van der Waals surface area contributed by atoms with Gasteiger partial charge in [0.2, 0.25) is 5.89 Å². The van der Waals surface area contributed by atoms with Crippen molar-refractivity contribution >= 4 is 17.5 Å². The summed E-state index contributed by atoms with van der Waals surface area (Å²) in [4.78, 5) is 27.7. The van der Waals surface area contributed by atoms with Crippen LogP contribution in [0, 0.1) is 0 Å². The first kappa shape index (κ1) is 14.7. The molecule has 24 heavy (non-hydrogen) atoms. The molecule has 8 heteroatoms. The van der Waals surface area contributed by atoms with Crippen LogP contribution in [0.15, 0.2) is 22.7 Å². The van der Waals surface area contributed by atoms with Crippen LogP contribution in [-0.4, -0.2) is 35.1 Å². The second-order valence-corrected chi connectivity index (χ2v) is 5.88. The van der Waals surface area contributed by atoms with E-state index in [9.17, 15) is 9.59 Å². The van der Waals surface area contributed by atoms with Gasteiger partial charge < -0.3 is 19.9 Å². The van der Waals surface area contributed by atoms with E-state index in [1.165, 1.54) is 0 Å². The van der Waals surface area contributed by atoms with Gasteiger partial charge in [0.15, 0.2) is 12.4 Å². The van der Waals surface area contributed by atoms with E-state index in [1.807, 2.05) is 0 Å². The van der Waals surface area contributed by atoms with Crippen molar-refractivity contribution in [3.63, 3.8) is 0 Å². The van der Waals surface area contributed by atoms with E-state index in [4.69, 9.17) is 9.26 Å². The van der Waals surface area contributed by atoms with Gasteiger partial charge in [0.25, 0.3) is 11.8 Å². The van der Waals surface area contributed by atoms with Crippen LogP contribution in [-0.2, 0) is 11.2 Å². The molecule has 0 bridgehead atoms. The number of ether oxygens (including phenoxy) is 1. The zero-order valence-corrected chi connectivity index (χ0v) is 12.9. The highest BCUT2D eigenvalue weighted by Gasteiger charge is 2.29. The molecule has 8 nitrogen and oxygen atoms in total. The summed E-state index contributed by atoms with van der Waals surface area (Å²) in [6.45, 7) is 0.371. The fraction of sp³-hybridized carbons (Fsp3) is 0.375. The quantitative estimate of drug-likeness (QED) is 0.855. The number of anilines is 1. The maximum Gasteiger partial charge on any atom is 0.262 e. The number of nitrogens with zero attached hydrogens (tertiary/aromatic N) is 2. The van der Waals surface area contributed by atoms with E-state index in [2.05, 4.69) is 20.8 Å². The zero-order valence-electron chi connectivity index (χ0n) is 12.9. The fourth-order valence-corrected chi connectivity index (χ4v) is 2.47. The molecule has 2 N–H and O–H groups in total. The lowest BCUT2D eigenvalue weighted by molar-refractivity contribution is -0.118. The van der Waals surface area contributed by atoms with Crippen LogP contribution in [0.2, 0.25) is 0 Å². The smallest absolute Gasteiger partial charge is 0.262 e. The fourth-order valence-electron chi connectivity index (χ4n) is 2.47. The molecule has 0 radical (unpaired) electrons. The van der Waals surface area contributed by atoms with Crippen LogP contribution in [0.25, 0.3) is 0 Å². The Morgan fingerprint density at radius 3 is 3.08 bits per heavy atom. The van der Waals surface area contributed by atoms with Crippen LogP contribution in [0.5, 0.6) is 5.75 Å². The maximum absolute atomic E-state index is 12.2. The Balaban J connectivity index is 1.33. The Bertz CT molecular complexity index is 797. The van der Waals surface area contributed by atoms with Gasteiger partial charge in [-0.2, -0.15) is 4.98 Å². The molecule has 0 saturated heterocycles. The number of hydrogen-bond donors (Lipinski definition) is 2. The molecule has 2 heterocycles. The predicted octanol–water partition coefficient (Wildman–Crippen LogP) is 1.25. The van der Waals surface area contributed by atoms with Crippen molar-refractivity contribution in [3.8, 4) is 5.75 Å². The number of hydrogen-bond acceptors (Lipinski definition) is 6. The molecule has 2 aromatic rings. The van der Waals surface area contributed by atoms with Crippen LogP contribution in [0.3, 0.4) is 0 Å². The van der Waals surface area contributed by atoms with Gasteiger partial charge in [-0.1, -0.05) is 5.16 Å².